The zero-order chi connectivity index (χ0) is 14.8. The zero-order valence-corrected chi connectivity index (χ0v) is 12.5. The lowest BCUT2D eigenvalue weighted by Gasteiger charge is -2.50. The molecule has 1 aromatic carbocycles. The molecule has 112 valence electrons. The van der Waals surface area contributed by atoms with Crippen molar-refractivity contribution >= 4 is 0 Å². The van der Waals surface area contributed by atoms with Crippen LogP contribution in [0.15, 0.2) is 24.3 Å². The Morgan fingerprint density at radius 1 is 1.35 bits per heavy atom. The standard InChI is InChI=1S/C16H24FNO2/c1-15(2)11-18(9-8-16(15,19)12-20-3)10-13-6-4-5-7-14(13)17/h4-7,19H,8-12H2,1-3H3/t16-/m1/s1. The third kappa shape index (κ3) is 3.03. The van der Waals surface area contributed by atoms with E-state index in [9.17, 15) is 9.50 Å². The van der Waals surface area contributed by atoms with Gasteiger partial charge in [-0.1, -0.05) is 32.0 Å². The number of nitrogens with zero attached hydrogens (tertiary/aromatic N) is 1. The van der Waals surface area contributed by atoms with E-state index in [1.807, 2.05) is 26.0 Å². The van der Waals surface area contributed by atoms with Gasteiger partial charge in [-0.3, -0.25) is 4.90 Å². The van der Waals surface area contributed by atoms with Crippen LogP contribution in [0.4, 0.5) is 4.39 Å². The third-order valence-corrected chi connectivity index (χ3v) is 4.46. The van der Waals surface area contributed by atoms with E-state index in [2.05, 4.69) is 4.90 Å². The Morgan fingerprint density at radius 3 is 2.65 bits per heavy atom. The number of ether oxygens (including phenoxy) is 1. The zero-order valence-electron chi connectivity index (χ0n) is 12.5. The summed E-state index contributed by atoms with van der Waals surface area (Å²) >= 11 is 0. The summed E-state index contributed by atoms with van der Waals surface area (Å²) in [6.45, 7) is 6.48. The normalized spacial score (nSPS) is 26.6. The molecule has 0 radical (unpaired) electrons. The highest BCUT2D eigenvalue weighted by Gasteiger charge is 2.47. The van der Waals surface area contributed by atoms with Gasteiger partial charge in [0.2, 0.25) is 0 Å². The fraction of sp³-hybridized carbons (Fsp3) is 0.625. The quantitative estimate of drug-likeness (QED) is 0.920. The van der Waals surface area contributed by atoms with Crippen LogP contribution >= 0.6 is 0 Å². The van der Waals surface area contributed by atoms with Gasteiger partial charge in [0, 0.05) is 37.7 Å². The van der Waals surface area contributed by atoms with Crippen LogP contribution in [0.5, 0.6) is 0 Å². The molecular weight excluding hydrogens is 257 g/mol. The topological polar surface area (TPSA) is 32.7 Å². The molecule has 2 rings (SSSR count). The Bertz CT molecular complexity index is 464. The lowest BCUT2D eigenvalue weighted by molar-refractivity contribution is -0.151. The molecular formula is C16H24FNO2. The first-order valence-corrected chi connectivity index (χ1v) is 7.05. The summed E-state index contributed by atoms with van der Waals surface area (Å²) in [5, 5.41) is 10.7. The van der Waals surface area contributed by atoms with Crippen molar-refractivity contribution in [3.05, 3.63) is 35.6 Å². The summed E-state index contributed by atoms with van der Waals surface area (Å²) < 4.78 is 18.9. The van der Waals surface area contributed by atoms with Gasteiger partial charge in [0.15, 0.2) is 0 Å². The maximum Gasteiger partial charge on any atom is 0.127 e. The molecule has 20 heavy (non-hydrogen) atoms. The van der Waals surface area contributed by atoms with Crippen LogP contribution in [0.25, 0.3) is 0 Å². The summed E-state index contributed by atoms with van der Waals surface area (Å²) in [4.78, 5) is 2.20. The predicted octanol–water partition coefficient (Wildman–Crippen LogP) is 2.44. The van der Waals surface area contributed by atoms with E-state index in [4.69, 9.17) is 4.74 Å². The average molecular weight is 281 g/mol. The lowest BCUT2D eigenvalue weighted by Crippen LogP contribution is -2.59. The molecule has 0 saturated carbocycles. The van der Waals surface area contributed by atoms with Crippen molar-refractivity contribution in [1.82, 2.24) is 4.90 Å². The molecule has 0 aromatic heterocycles. The van der Waals surface area contributed by atoms with E-state index in [1.54, 1.807) is 13.2 Å². The highest BCUT2D eigenvalue weighted by Crippen LogP contribution is 2.39. The number of rotatable bonds is 4. The van der Waals surface area contributed by atoms with Gasteiger partial charge >= 0.3 is 0 Å². The number of methoxy groups -OCH3 is 1. The Balaban J connectivity index is 2.06. The second-order valence-electron chi connectivity index (χ2n) is 6.40. The van der Waals surface area contributed by atoms with Crippen LogP contribution in [0, 0.1) is 11.2 Å². The molecule has 1 atom stereocenters. The average Bonchev–Trinajstić information content (AvgIpc) is 2.37. The number of piperidine rings is 1. The number of likely N-dealkylation sites (tertiary alicyclic amines) is 1. The van der Waals surface area contributed by atoms with Gasteiger partial charge in [-0.2, -0.15) is 0 Å². The monoisotopic (exact) mass is 281 g/mol. The van der Waals surface area contributed by atoms with Crippen molar-refractivity contribution in [2.75, 3.05) is 26.8 Å². The predicted molar refractivity (Wildman–Crippen MR) is 76.9 cm³/mol. The molecule has 3 nitrogen and oxygen atoms in total. The molecule has 0 spiro atoms. The second-order valence-corrected chi connectivity index (χ2v) is 6.40. The SMILES string of the molecule is COC[C@]1(O)CCN(Cc2ccccc2F)CC1(C)C. The van der Waals surface area contributed by atoms with Crippen LogP contribution in [-0.2, 0) is 11.3 Å². The van der Waals surface area contributed by atoms with Crippen LogP contribution in [-0.4, -0.2) is 42.4 Å². The summed E-state index contributed by atoms with van der Waals surface area (Å²) in [5.41, 5.74) is -0.388. The van der Waals surface area contributed by atoms with Gasteiger partial charge in [-0.25, -0.2) is 4.39 Å². The van der Waals surface area contributed by atoms with Crippen molar-refractivity contribution in [3.63, 3.8) is 0 Å². The summed E-state index contributed by atoms with van der Waals surface area (Å²) in [5.74, 6) is -0.164. The highest BCUT2D eigenvalue weighted by atomic mass is 19.1. The Morgan fingerprint density at radius 2 is 2.05 bits per heavy atom. The first-order valence-electron chi connectivity index (χ1n) is 7.05. The minimum absolute atomic E-state index is 0.164. The summed E-state index contributed by atoms with van der Waals surface area (Å²) in [6, 6.07) is 6.87. The van der Waals surface area contributed by atoms with Crippen molar-refractivity contribution in [1.29, 1.82) is 0 Å². The molecule has 1 N–H and O–H groups in total. The molecule has 0 bridgehead atoms. The molecule has 4 heteroatoms. The number of benzene rings is 1. The summed E-state index contributed by atoms with van der Waals surface area (Å²) in [6.07, 6.45) is 0.641. The summed E-state index contributed by atoms with van der Waals surface area (Å²) in [7, 11) is 1.61. The largest absolute Gasteiger partial charge is 0.387 e. The fourth-order valence-electron chi connectivity index (χ4n) is 2.98. The smallest absolute Gasteiger partial charge is 0.127 e. The van der Waals surface area contributed by atoms with Crippen molar-refractivity contribution in [2.45, 2.75) is 32.4 Å². The molecule has 1 saturated heterocycles. The van der Waals surface area contributed by atoms with Crippen LogP contribution in [0.3, 0.4) is 0 Å². The molecule has 0 amide bonds. The molecule has 0 aliphatic carbocycles. The molecule has 0 unspecified atom stereocenters. The number of halogens is 1. The van der Waals surface area contributed by atoms with Gasteiger partial charge in [0.1, 0.15) is 5.82 Å². The van der Waals surface area contributed by atoms with Crippen LogP contribution < -0.4 is 0 Å². The van der Waals surface area contributed by atoms with Crippen molar-refractivity contribution in [3.8, 4) is 0 Å². The van der Waals surface area contributed by atoms with Gasteiger partial charge in [-0.15, -0.1) is 0 Å². The highest BCUT2D eigenvalue weighted by molar-refractivity contribution is 5.17. The molecule has 1 aliphatic heterocycles. The first-order chi connectivity index (χ1) is 9.38. The lowest BCUT2D eigenvalue weighted by atomic mass is 9.70. The van der Waals surface area contributed by atoms with E-state index < -0.39 is 5.60 Å². The molecule has 1 aromatic rings. The maximum atomic E-state index is 13.7. The molecule has 1 aliphatic rings. The van der Waals surface area contributed by atoms with Crippen LogP contribution in [0.1, 0.15) is 25.8 Å². The molecule has 1 heterocycles. The van der Waals surface area contributed by atoms with Crippen LogP contribution in [0.2, 0.25) is 0 Å². The Kier molecular flexibility index (Phi) is 4.47. The Labute approximate surface area is 120 Å². The second kappa shape index (κ2) is 5.80. The van der Waals surface area contributed by atoms with Crippen molar-refractivity contribution < 1.29 is 14.2 Å². The van der Waals surface area contributed by atoms with Gasteiger partial charge < -0.3 is 9.84 Å². The Hall–Kier alpha value is -0.970. The number of aliphatic hydroxyl groups is 1. The van der Waals surface area contributed by atoms with E-state index in [-0.39, 0.29) is 11.2 Å². The van der Waals surface area contributed by atoms with Crippen molar-refractivity contribution in [2.24, 2.45) is 5.41 Å². The van der Waals surface area contributed by atoms with E-state index in [0.717, 1.165) is 13.1 Å². The maximum absolute atomic E-state index is 13.7. The fourth-order valence-corrected chi connectivity index (χ4v) is 2.98. The minimum atomic E-state index is -0.812. The molecule has 1 fully saturated rings. The first kappa shape index (κ1) is 15.4. The van der Waals surface area contributed by atoms with E-state index in [1.165, 1.54) is 6.07 Å². The number of hydrogen-bond acceptors (Lipinski definition) is 3. The van der Waals surface area contributed by atoms with E-state index in [0.29, 0.717) is 25.1 Å². The van der Waals surface area contributed by atoms with Gasteiger partial charge in [-0.05, 0) is 12.5 Å². The minimum Gasteiger partial charge on any atom is -0.387 e. The van der Waals surface area contributed by atoms with Gasteiger partial charge in [0.05, 0.1) is 12.2 Å². The van der Waals surface area contributed by atoms with E-state index >= 15 is 0 Å². The van der Waals surface area contributed by atoms with Gasteiger partial charge in [0.25, 0.3) is 0 Å². The third-order valence-electron chi connectivity index (χ3n) is 4.46. The number of hydrogen-bond donors (Lipinski definition) is 1.